The molecule has 4 aromatic rings. The number of aliphatic hydroxyl groups is 1. The van der Waals surface area contributed by atoms with Gasteiger partial charge in [0.25, 0.3) is 11.6 Å². The Morgan fingerprint density at radius 3 is 2.47 bits per heavy atom. The molecule has 1 aliphatic heterocycles. The minimum Gasteiger partial charge on any atom is -0.382 e. The maximum atomic E-state index is 14.8. The number of rotatable bonds is 10. The molecular formula is C29H27F2N5O6S. The second-order valence-electron chi connectivity index (χ2n) is 9.92. The molecular weight excluding hydrogens is 584 g/mol. The molecule has 1 fully saturated rings. The van der Waals surface area contributed by atoms with E-state index in [0.29, 0.717) is 16.8 Å². The van der Waals surface area contributed by atoms with Crippen molar-refractivity contribution in [2.45, 2.75) is 35.9 Å². The lowest BCUT2D eigenvalue weighted by Crippen LogP contribution is -2.43. The van der Waals surface area contributed by atoms with Crippen molar-refractivity contribution in [2.24, 2.45) is 0 Å². The van der Waals surface area contributed by atoms with Crippen LogP contribution in [-0.4, -0.2) is 54.4 Å². The van der Waals surface area contributed by atoms with Crippen molar-refractivity contribution in [1.82, 2.24) is 14.8 Å². The number of amides is 1. The number of nitro groups is 1. The third kappa shape index (κ3) is 7.05. The summed E-state index contributed by atoms with van der Waals surface area (Å²) in [6, 6.07) is 15.2. The number of nitro benzene ring substituents is 1. The molecule has 0 unspecified atom stereocenters. The Balaban J connectivity index is 1.19. The molecule has 0 saturated carbocycles. The molecule has 2 atom stereocenters. The van der Waals surface area contributed by atoms with Crippen LogP contribution in [0.3, 0.4) is 0 Å². The highest BCUT2D eigenvalue weighted by molar-refractivity contribution is 8.00. The monoisotopic (exact) mass is 611 g/mol. The largest absolute Gasteiger partial charge is 0.382 e. The summed E-state index contributed by atoms with van der Waals surface area (Å²) in [5.74, 6) is -1.99. The van der Waals surface area contributed by atoms with Gasteiger partial charge in [0.2, 0.25) is 0 Å². The Morgan fingerprint density at radius 1 is 1.16 bits per heavy atom. The molecule has 3 aromatic carbocycles. The zero-order chi connectivity index (χ0) is 30.6. The first-order valence-electron chi connectivity index (χ1n) is 13.2. The molecule has 11 nitrogen and oxygen atoms in total. The van der Waals surface area contributed by atoms with Crippen molar-refractivity contribution in [2.75, 3.05) is 18.5 Å². The van der Waals surface area contributed by atoms with Crippen LogP contribution in [0.2, 0.25) is 0 Å². The van der Waals surface area contributed by atoms with E-state index in [-0.39, 0.29) is 42.2 Å². The minimum atomic E-state index is -1.75. The molecule has 224 valence electrons. The van der Waals surface area contributed by atoms with Gasteiger partial charge in [0.05, 0.1) is 29.9 Å². The van der Waals surface area contributed by atoms with Gasteiger partial charge in [0.1, 0.15) is 29.9 Å². The number of ether oxygens (including phenoxy) is 2. The minimum absolute atomic E-state index is 0.0578. The van der Waals surface area contributed by atoms with E-state index in [2.05, 4.69) is 15.4 Å². The maximum absolute atomic E-state index is 14.8. The summed E-state index contributed by atoms with van der Waals surface area (Å²) in [5, 5.41) is 28.5. The van der Waals surface area contributed by atoms with Crippen LogP contribution >= 0.6 is 11.8 Å². The first kappa shape index (κ1) is 30.2. The smallest absolute Gasteiger partial charge is 0.269 e. The summed E-state index contributed by atoms with van der Waals surface area (Å²) < 4.78 is 41.7. The van der Waals surface area contributed by atoms with Crippen molar-refractivity contribution in [3.8, 4) is 0 Å². The number of nitrogens with one attached hydrogen (secondary N) is 1. The van der Waals surface area contributed by atoms with Gasteiger partial charge < -0.3 is 19.9 Å². The number of anilines is 1. The zero-order valence-corrected chi connectivity index (χ0v) is 23.6. The summed E-state index contributed by atoms with van der Waals surface area (Å²) in [6.45, 7) is 2.18. The number of carbonyl (C=O) groups is 1. The van der Waals surface area contributed by atoms with Gasteiger partial charge in [-0.25, -0.2) is 18.4 Å². The van der Waals surface area contributed by atoms with Crippen molar-refractivity contribution in [1.29, 1.82) is 0 Å². The van der Waals surface area contributed by atoms with Crippen LogP contribution in [0, 0.1) is 21.7 Å². The molecule has 43 heavy (non-hydrogen) atoms. The molecule has 2 N–H and O–H groups in total. The van der Waals surface area contributed by atoms with Gasteiger partial charge >= 0.3 is 0 Å². The molecule has 0 bridgehead atoms. The topological polar surface area (TPSA) is 142 Å². The van der Waals surface area contributed by atoms with E-state index in [9.17, 15) is 28.8 Å². The average Bonchev–Trinajstić information content (AvgIpc) is 3.50. The highest BCUT2D eigenvalue weighted by Crippen LogP contribution is 2.39. The zero-order valence-electron chi connectivity index (χ0n) is 22.8. The fourth-order valence-corrected chi connectivity index (χ4v) is 5.97. The Kier molecular flexibility index (Phi) is 9.11. The van der Waals surface area contributed by atoms with Crippen LogP contribution in [0.4, 0.5) is 20.2 Å². The van der Waals surface area contributed by atoms with Crippen LogP contribution in [0.15, 0.2) is 79.4 Å². The SMILES string of the molecule is C[C@@H](SC1COC(c2ccc(C(=O)Nc3ccc([N+](=O)[O-])cc3)cc2)OC1)[C@](O)(Cn1cncn1)c1ccc(F)cc1F. The average molecular weight is 612 g/mol. The van der Waals surface area contributed by atoms with E-state index < -0.39 is 33.7 Å². The number of aromatic nitrogens is 3. The number of hydrogen-bond donors (Lipinski definition) is 2. The van der Waals surface area contributed by atoms with Crippen LogP contribution in [0.5, 0.6) is 0 Å². The Morgan fingerprint density at radius 2 is 1.86 bits per heavy atom. The van der Waals surface area contributed by atoms with Crippen LogP contribution in [0.25, 0.3) is 0 Å². The van der Waals surface area contributed by atoms with Crippen molar-refractivity contribution < 1.29 is 33.1 Å². The maximum Gasteiger partial charge on any atom is 0.269 e. The van der Waals surface area contributed by atoms with E-state index >= 15 is 0 Å². The predicted octanol–water partition coefficient (Wildman–Crippen LogP) is 4.84. The summed E-state index contributed by atoms with van der Waals surface area (Å²) >= 11 is 1.35. The van der Waals surface area contributed by atoms with Crippen molar-refractivity contribution >= 4 is 29.0 Å². The number of carbonyl (C=O) groups excluding carboxylic acids is 1. The summed E-state index contributed by atoms with van der Waals surface area (Å²) in [5.41, 5.74) is -0.393. The van der Waals surface area contributed by atoms with Gasteiger partial charge in [-0.05, 0) is 30.3 Å². The van der Waals surface area contributed by atoms with E-state index in [1.807, 2.05) is 0 Å². The van der Waals surface area contributed by atoms with E-state index in [1.54, 1.807) is 31.2 Å². The van der Waals surface area contributed by atoms with Crippen LogP contribution in [0.1, 0.15) is 34.7 Å². The lowest BCUT2D eigenvalue weighted by atomic mass is 9.90. The molecule has 0 aliphatic carbocycles. The number of hydrogen-bond acceptors (Lipinski definition) is 9. The fourth-order valence-electron chi connectivity index (χ4n) is 4.65. The van der Waals surface area contributed by atoms with Crippen LogP contribution in [-0.2, 0) is 21.6 Å². The lowest BCUT2D eigenvalue weighted by molar-refractivity contribution is -0.384. The van der Waals surface area contributed by atoms with Crippen LogP contribution < -0.4 is 5.32 Å². The summed E-state index contributed by atoms with van der Waals surface area (Å²) in [7, 11) is 0. The molecule has 1 saturated heterocycles. The molecule has 1 aliphatic rings. The quantitative estimate of drug-likeness (QED) is 0.190. The second kappa shape index (κ2) is 13.0. The number of thioether (sulfide) groups is 1. The first-order valence-corrected chi connectivity index (χ1v) is 14.1. The van der Waals surface area contributed by atoms with Gasteiger partial charge in [0.15, 0.2) is 6.29 Å². The third-order valence-corrected chi connectivity index (χ3v) is 8.44. The van der Waals surface area contributed by atoms with Gasteiger partial charge in [-0.1, -0.05) is 25.1 Å². The summed E-state index contributed by atoms with van der Waals surface area (Å²) in [4.78, 5) is 26.8. The predicted molar refractivity (Wildman–Crippen MR) is 153 cm³/mol. The Hall–Kier alpha value is -4.24. The van der Waals surface area contributed by atoms with Gasteiger partial charge in [-0.3, -0.25) is 14.9 Å². The molecule has 5 rings (SSSR count). The first-order chi connectivity index (χ1) is 20.6. The van der Waals surface area contributed by atoms with Crippen molar-refractivity contribution in [3.05, 3.63) is 118 Å². The van der Waals surface area contributed by atoms with Gasteiger partial charge in [-0.2, -0.15) is 5.10 Å². The van der Waals surface area contributed by atoms with Gasteiger partial charge in [-0.15, -0.1) is 11.8 Å². The van der Waals surface area contributed by atoms with E-state index in [0.717, 1.165) is 12.1 Å². The standard InChI is InChI=1S/C29H27F2N5O6S/c1-18(29(38,15-35-17-32-16-33-35)25-11-6-21(30)12-26(25)31)43-24-13-41-28(42-14-24)20-4-2-19(3-5-20)27(37)34-22-7-9-23(10-8-22)36(39)40/h2-12,16-18,24,28,38H,13-15H2,1H3,(H,34,37)/t18-,24?,28?,29-/m1/s1. The highest BCUT2D eigenvalue weighted by Gasteiger charge is 2.41. The number of benzene rings is 3. The molecule has 0 spiro atoms. The number of nitrogens with zero attached hydrogens (tertiary/aromatic N) is 4. The lowest BCUT2D eigenvalue weighted by Gasteiger charge is -2.37. The van der Waals surface area contributed by atoms with Crippen molar-refractivity contribution in [3.63, 3.8) is 0 Å². The fraction of sp³-hybridized carbons (Fsp3) is 0.276. The molecule has 2 heterocycles. The van der Waals surface area contributed by atoms with E-state index in [4.69, 9.17) is 9.47 Å². The normalized spacial score (nSPS) is 18.9. The number of halogens is 2. The highest BCUT2D eigenvalue weighted by atomic mass is 32.2. The van der Waals surface area contributed by atoms with E-state index in [1.165, 1.54) is 59.4 Å². The summed E-state index contributed by atoms with van der Waals surface area (Å²) in [6.07, 6.45) is 2.04. The third-order valence-electron chi connectivity index (χ3n) is 6.98. The Labute approximate surface area is 249 Å². The second-order valence-corrected chi connectivity index (χ2v) is 11.6. The Bertz CT molecular complexity index is 1570. The molecule has 1 amide bonds. The molecule has 14 heteroatoms. The van der Waals surface area contributed by atoms with Gasteiger partial charge in [0, 0.05) is 45.8 Å². The molecule has 0 radical (unpaired) electrons. The number of non-ortho nitro benzene ring substituents is 1. The molecule has 1 aromatic heterocycles.